The van der Waals surface area contributed by atoms with Crippen LogP contribution < -0.4 is 4.90 Å². The predicted octanol–water partition coefficient (Wildman–Crippen LogP) is 1.98. The Morgan fingerprint density at radius 1 is 1.12 bits per heavy atom. The fraction of sp³-hybridized carbons (Fsp3) is 0.500. The van der Waals surface area contributed by atoms with Crippen molar-refractivity contribution in [3.05, 3.63) is 29.8 Å². The molecule has 0 bridgehead atoms. The van der Waals surface area contributed by atoms with Crippen molar-refractivity contribution >= 4 is 23.5 Å². The highest BCUT2D eigenvalue weighted by atomic mass is 16.5. The summed E-state index contributed by atoms with van der Waals surface area (Å²) in [4.78, 5) is 40.1. The van der Waals surface area contributed by atoms with Crippen LogP contribution in [-0.2, 0) is 14.3 Å². The number of hydrogen-bond donors (Lipinski definition) is 0. The number of benzene rings is 1. The molecule has 3 rings (SSSR count). The molecule has 0 spiro atoms. The number of anilines is 1. The van der Waals surface area contributed by atoms with Gasteiger partial charge in [-0.15, -0.1) is 0 Å². The molecule has 2 aliphatic rings. The molecule has 2 heterocycles. The van der Waals surface area contributed by atoms with Crippen LogP contribution in [0.5, 0.6) is 0 Å². The van der Waals surface area contributed by atoms with Crippen molar-refractivity contribution in [2.24, 2.45) is 0 Å². The maximum Gasteiger partial charge on any atom is 0.338 e. The lowest BCUT2D eigenvalue weighted by Gasteiger charge is -2.30. The first kappa shape index (κ1) is 16.6. The fourth-order valence-corrected chi connectivity index (χ4v) is 3.36. The molecule has 1 aromatic carbocycles. The predicted molar refractivity (Wildman–Crippen MR) is 88.7 cm³/mol. The van der Waals surface area contributed by atoms with Crippen molar-refractivity contribution in [2.45, 2.75) is 38.6 Å². The zero-order valence-electron chi connectivity index (χ0n) is 13.9. The largest absolute Gasteiger partial charge is 0.462 e. The number of ether oxygens (including phenoxy) is 1. The lowest BCUT2D eigenvalue weighted by Crippen LogP contribution is -2.44. The number of carbonyl (C=O) groups is 3. The minimum absolute atomic E-state index is 0.161. The number of hydrogen-bond acceptors (Lipinski definition) is 5. The van der Waals surface area contributed by atoms with E-state index in [4.69, 9.17) is 4.74 Å². The third kappa shape index (κ3) is 3.19. The van der Waals surface area contributed by atoms with Crippen LogP contribution in [0, 0.1) is 0 Å². The van der Waals surface area contributed by atoms with E-state index in [1.54, 1.807) is 31.2 Å². The van der Waals surface area contributed by atoms with Gasteiger partial charge in [0.05, 0.1) is 30.3 Å². The van der Waals surface area contributed by atoms with Gasteiger partial charge in [-0.25, -0.2) is 9.69 Å². The second kappa shape index (κ2) is 7.13. The topological polar surface area (TPSA) is 66.9 Å². The van der Waals surface area contributed by atoms with Gasteiger partial charge in [0.15, 0.2) is 0 Å². The van der Waals surface area contributed by atoms with E-state index >= 15 is 0 Å². The molecule has 0 aromatic heterocycles. The quantitative estimate of drug-likeness (QED) is 0.624. The van der Waals surface area contributed by atoms with Crippen LogP contribution in [0.25, 0.3) is 0 Å². The first-order chi connectivity index (χ1) is 11.6. The van der Waals surface area contributed by atoms with Crippen molar-refractivity contribution in [2.75, 3.05) is 24.6 Å². The summed E-state index contributed by atoms with van der Waals surface area (Å²) in [5.41, 5.74) is 0.921. The molecule has 0 N–H and O–H groups in total. The number of imide groups is 1. The fourth-order valence-electron chi connectivity index (χ4n) is 3.36. The summed E-state index contributed by atoms with van der Waals surface area (Å²) in [7, 11) is 0. The molecule has 6 nitrogen and oxygen atoms in total. The van der Waals surface area contributed by atoms with Crippen molar-refractivity contribution in [3.63, 3.8) is 0 Å². The van der Waals surface area contributed by atoms with Crippen LogP contribution in [0.1, 0.15) is 43.0 Å². The van der Waals surface area contributed by atoms with E-state index in [1.807, 2.05) is 0 Å². The highest BCUT2D eigenvalue weighted by Crippen LogP contribution is 2.27. The molecular formula is C18H22N2O4. The van der Waals surface area contributed by atoms with Crippen LogP contribution in [0.4, 0.5) is 5.69 Å². The third-order valence-corrected chi connectivity index (χ3v) is 4.59. The molecule has 0 radical (unpaired) electrons. The van der Waals surface area contributed by atoms with Gasteiger partial charge in [0, 0.05) is 0 Å². The highest BCUT2D eigenvalue weighted by molar-refractivity contribution is 6.22. The molecule has 24 heavy (non-hydrogen) atoms. The monoisotopic (exact) mass is 330 g/mol. The molecule has 0 saturated carbocycles. The number of nitrogens with zero attached hydrogens (tertiary/aromatic N) is 2. The van der Waals surface area contributed by atoms with Gasteiger partial charge in [-0.1, -0.05) is 6.42 Å². The van der Waals surface area contributed by atoms with Gasteiger partial charge in [0.1, 0.15) is 0 Å². The minimum atomic E-state index is -0.408. The number of rotatable bonds is 4. The molecule has 2 amide bonds. The number of piperidine rings is 1. The molecule has 128 valence electrons. The normalized spacial score (nSPS) is 22.0. The van der Waals surface area contributed by atoms with Crippen molar-refractivity contribution in [1.82, 2.24) is 4.90 Å². The number of carbonyl (C=O) groups excluding carboxylic acids is 3. The van der Waals surface area contributed by atoms with E-state index in [0.717, 1.165) is 25.9 Å². The van der Waals surface area contributed by atoms with Gasteiger partial charge < -0.3 is 4.74 Å². The van der Waals surface area contributed by atoms with E-state index in [-0.39, 0.29) is 24.3 Å². The van der Waals surface area contributed by atoms with Crippen molar-refractivity contribution < 1.29 is 19.1 Å². The Bertz CT molecular complexity index is 635. The summed E-state index contributed by atoms with van der Waals surface area (Å²) in [5, 5.41) is 0. The van der Waals surface area contributed by atoms with Crippen molar-refractivity contribution in [3.8, 4) is 0 Å². The minimum Gasteiger partial charge on any atom is -0.462 e. The molecule has 2 fully saturated rings. The Labute approximate surface area is 141 Å². The summed E-state index contributed by atoms with van der Waals surface area (Å²) in [6, 6.07) is 6.08. The van der Waals surface area contributed by atoms with E-state index in [1.165, 1.54) is 11.3 Å². The Balaban J connectivity index is 1.75. The molecule has 0 aliphatic carbocycles. The zero-order valence-corrected chi connectivity index (χ0v) is 13.9. The van der Waals surface area contributed by atoms with Gasteiger partial charge in [0.25, 0.3) is 5.91 Å². The summed E-state index contributed by atoms with van der Waals surface area (Å²) in [6.07, 6.45) is 3.57. The lowest BCUT2D eigenvalue weighted by molar-refractivity contribution is -0.123. The van der Waals surface area contributed by atoms with E-state index < -0.39 is 5.97 Å². The molecule has 1 atom stereocenters. The number of likely N-dealkylation sites (tertiary alicyclic amines) is 1. The summed E-state index contributed by atoms with van der Waals surface area (Å²) in [5.74, 6) is -0.750. The molecule has 2 saturated heterocycles. The summed E-state index contributed by atoms with van der Waals surface area (Å²) < 4.78 is 4.94. The third-order valence-electron chi connectivity index (χ3n) is 4.59. The van der Waals surface area contributed by atoms with Gasteiger partial charge in [-0.05, 0) is 57.1 Å². The maximum atomic E-state index is 12.7. The molecule has 1 aromatic rings. The Morgan fingerprint density at radius 3 is 2.42 bits per heavy atom. The smallest absolute Gasteiger partial charge is 0.338 e. The van der Waals surface area contributed by atoms with Gasteiger partial charge in [0.2, 0.25) is 5.91 Å². The average Bonchev–Trinajstić information content (AvgIpc) is 2.90. The first-order valence-corrected chi connectivity index (χ1v) is 8.50. The van der Waals surface area contributed by atoms with Gasteiger partial charge in [-0.3, -0.25) is 14.5 Å². The summed E-state index contributed by atoms with van der Waals surface area (Å²) in [6.45, 7) is 3.80. The molecule has 6 heteroatoms. The highest BCUT2D eigenvalue weighted by Gasteiger charge is 2.42. The van der Waals surface area contributed by atoms with Crippen LogP contribution in [0.3, 0.4) is 0 Å². The molecule has 2 aliphatic heterocycles. The van der Waals surface area contributed by atoms with Gasteiger partial charge in [-0.2, -0.15) is 0 Å². The second-order valence-corrected chi connectivity index (χ2v) is 6.15. The standard InChI is InChI=1S/C18H22N2O4/c1-2-24-18(23)13-6-8-14(9-7-13)20-16(21)12-15(17(20)22)19-10-4-3-5-11-19/h6-9,15H,2-5,10-12H2,1H3/t15-/m1/s1. The molecule has 0 unspecified atom stereocenters. The van der Waals surface area contributed by atoms with Crippen molar-refractivity contribution in [1.29, 1.82) is 0 Å². The van der Waals surface area contributed by atoms with Crippen LogP contribution in [0.15, 0.2) is 24.3 Å². The van der Waals surface area contributed by atoms with Gasteiger partial charge >= 0.3 is 5.97 Å². The van der Waals surface area contributed by atoms with E-state index in [9.17, 15) is 14.4 Å². The molecular weight excluding hydrogens is 308 g/mol. The van der Waals surface area contributed by atoms with Crippen LogP contribution in [0.2, 0.25) is 0 Å². The summed E-state index contributed by atoms with van der Waals surface area (Å²) >= 11 is 0. The Morgan fingerprint density at radius 2 is 1.79 bits per heavy atom. The van der Waals surface area contributed by atoms with Crippen LogP contribution in [-0.4, -0.2) is 48.4 Å². The maximum absolute atomic E-state index is 12.7. The van der Waals surface area contributed by atoms with E-state index in [2.05, 4.69) is 4.90 Å². The van der Waals surface area contributed by atoms with Crippen LogP contribution >= 0.6 is 0 Å². The Hall–Kier alpha value is -2.21. The SMILES string of the molecule is CCOC(=O)c1ccc(N2C(=O)C[C@@H](N3CCCCC3)C2=O)cc1. The average molecular weight is 330 g/mol. The van der Waals surface area contributed by atoms with E-state index in [0.29, 0.717) is 17.9 Å². The second-order valence-electron chi connectivity index (χ2n) is 6.15. The lowest BCUT2D eigenvalue weighted by atomic mass is 10.1. The first-order valence-electron chi connectivity index (χ1n) is 8.50. The Kier molecular flexibility index (Phi) is 4.94. The number of amides is 2. The zero-order chi connectivity index (χ0) is 17.1. The number of esters is 1.